The SMILES string of the molecule is CCN(CC)S(=O)(=O)c1cc(C(=O)N2CCOC(c3ccc(Cl)cc3)C2)ccc1OC. The van der Waals surface area contributed by atoms with E-state index in [1.807, 2.05) is 12.1 Å². The highest BCUT2D eigenvalue weighted by Crippen LogP contribution is 2.30. The van der Waals surface area contributed by atoms with Gasteiger partial charge in [-0.15, -0.1) is 0 Å². The zero-order chi connectivity index (χ0) is 22.6. The molecule has 168 valence electrons. The predicted octanol–water partition coefficient (Wildman–Crippen LogP) is 3.59. The van der Waals surface area contributed by atoms with Crippen LogP contribution < -0.4 is 4.74 Å². The Labute approximate surface area is 188 Å². The summed E-state index contributed by atoms with van der Waals surface area (Å²) in [7, 11) is -2.37. The lowest BCUT2D eigenvalue weighted by Crippen LogP contribution is -2.42. The largest absolute Gasteiger partial charge is 0.495 e. The van der Waals surface area contributed by atoms with E-state index < -0.39 is 10.0 Å². The monoisotopic (exact) mass is 466 g/mol. The van der Waals surface area contributed by atoms with Gasteiger partial charge in [-0.05, 0) is 35.9 Å². The highest BCUT2D eigenvalue weighted by molar-refractivity contribution is 7.89. The molecule has 0 aliphatic carbocycles. The number of methoxy groups -OCH3 is 1. The van der Waals surface area contributed by atoms with Crippen molar-refractivity contribution in [1.29, 1.82) is 0 Å². The molecule has 0 aromatic heterocycles. The summed E-state index contributed by atoms with van der Waals surface area (Å²) in [5.74, 6) is -0.0367. The first-order valence-corrected chi connectivity index (χ1v) is 12.0. The normalized spacial score (nSPS) is 17.1. The molecule has 0 spiro atoms. The van der Waals surface area contributed by atoms with Crippen molar-refractivity contribution in [3.8, 4) is 5.75 Å². The van der Waals surface area contributed by atoms with Crippen molar-refractivity contribution in [1.82, 2.24) is 9.21 Å². The second-order valence-corrected chi connectivity index (χ2v) is 9.46. The van der Waals surface area contributed by atoms with Gasteiger partial charge in [0.2, 0.25) is 10.0 Å². The van der Waals surface area contributed by atoms with Gasteiger partial charge in [-0.2, -0.15) is 4.31 Å². The molecule has 7 nitrogen and oxygen atoms in total. The lowest BCUT2D eigenvalue weighted by molar-refractivity contribution is -0.0228. The first-order chi connectivity index (χ1) is 14.8. The van der Waals surface area contributed by atoms with Crippen molar-refractivity contribution in [3.05, 3.63) is 58.6 Å². The number of hydrogen-bond acceptors (Lipinski definition) is 5. The summed E-state index contributed by atoms with van der Waals surface area (Å²) in [5, 5.41) is 0.632. The van der Waals surface area contributed by atoms with Crippen LogP contribution in [0.3, 0.4) is 0 Å². The third-order valence-corrected chi connectivity index (χ3v) is 7.65. The molecule has 1 heterocycles. The maximum atomic E-state index is 13.2. The summed E-state index contributed by atoms with van der Waals surface area (Å²) < 4.78 is 38.6. The summed E-state index contributed by atoms with van der Waals surface area (Å²) >= 11 is 5.96. The van der Waals surface area contributed by atoms with E-state index in [0.717, 1.165) is 5.56 Å². The van der Waals surface area contributed by atoms with Gasteiger partial charge in [-0.3, -0.25) is 4.79 Å². The molecule has 1 saturated heterocycles. The van der Waals surface area contributed by atoms with Gasteiger partial charge < -0.3 is 14.4 Å². The van der Waals surface area contributed by atoms with E-state index in [4.69, 9.17) is 21.1 Å². The van der Waals surface area contributed by atoms with Crippen LogP contribution in [0, 0.1) is 0 Å². The number of carbonyl (C=O) groups excluding carboxylic acids is 1. The highest BCUT2D eigenvalue weighted by Gasteiger charge is 2.30. The molecule has 1 atom stereocenters. The quantitative estimate of drug-likeness (QED) is 0.623. The fourth-order valence-electron chi connectivity index (χ4n) is 3.61. The Morgan fingerprint density at radius 3 is 2.48 bits per heavy atom. The lowest BCUT2D eigenvalue weighted by atomic mass is 10.1. The molecular formula is C22H27ClN2O5S. The zero-order valence-corrected chi connectivity index (χ0v) is 19.4. The van der Waals surface area contributed by atoms with E-state index in [0.29, 0.717) is 43.4 Å². The van der Waals surface area contributed by atoms with Gasteiger partial charge in [-0.1, -0.05) is 37.6 Å². The number of ether oxygens (including phenoxy) is 2. The van der Waals surface area contributed by atoms with Crippen LogP contribution in [0.4, 0.5) is 0 Å². The molecule has 31 heavy (non-hydrogen) atoms. The highest BCUT2D eigenvalue weighted by atomic mass is 35.5. The van der Waals surface area contributed by atoms with Crippen molar-refractivity contribution >= 4 is 27.5 Å². The third-order valence-electron chi connectivity index (χ3n) is 5.33. The Morgan fingerprint density at radius 2 is 1.87 bits per heavy atom. The maximum absolute atomic E-state index is 13.2. The molecule has 0 N–H and O–H groups in total. The molecule has 3 rings (SSSR count). The molecule has 0 radical (unpaired) electrons. The first-order valence-electron chi connectivity index (χ1n) is 10.2. The van der Waals surface area contributed by atoms with Crippen LogP contribution >= 0.6 is 11.6 Å². The van der Waals surface area contributed by atoms with E-state index in [2.05, 4.69) is 0 Å². The molecule has 2 aromatic rings. The molecule has 2 aromatic carbocycles. The molecule has 9 heteroatoms. The van der Waals surface area contributed by atoms with E-state index in [1.165, 1.54) is 23.5 Å². The summed E-state index contributed by atoms with van der Waals surface area (Å²) in [4.78, 5) is 14.9. The molecular weight excluding hydrogens is 440 g/mol. The summed E-state index contributed by atoms with van der Waals surface area (Å²) in [6.45, 7) is 5.37. The maximum Gasteiger partial charge on any atom is 0.254 e. The smallest absolute Gasteiger partial charge is 0.254 e. The summed E-state index contributed by atoms with van der Waals surface area (Å²) in [5.41, 5.74) is 1.23. The van der Waals surface area contributed by atoms with Gasteiger partial charge in [0.1, 0.15) is 16.7 Å². The fraction of sp³-hybridized carbons (Fsp3) is 0.409. The average molecular weight is 467 g/mol. The molecule has 1 aliphatic rings. The summed E-state index contributed by atoms with van der Waals surface area (Å²) in [6.07, 6.45) is -0.271. The van der Waals surface area contributed by atoms with Gasteiger partial charge in [0.15, 0.2) is 0 Å². The van der Waals surface area contributed by atoms with E-state index in [9.17, 15) is 13.2 Å². The van der Waals surface area contributed by atoms with Crippen molar-refractivity contribution in [3.63, 3.8) is 0 Å². The van der Waals surface area contributed by atoms with Crippen LogP contribution in [0.5, 0.6) is 5.75 Å². The van der Waals surface area contributed by atoms with Gasteiger partial charge in [0, 0.05) is 30.2 Å². The van der Waals surface area contributed by atoms with E-state index in [-0.39, 0.29) is 22.7 Å². The number of amides is 1. The Balaban J connectivity index is 1.88. The number of rotatable bonds is 7. The van der Waals surface area contributed by atoms with Gasteiger partial charge >= 0.3 is 0 Å². The van der Waals surface area contributed by atoms with Crippen LogP contribution in [0.1, 0.15) is 35.9 Å². The Hall–Kier alpha value is -2.13. The number of sulfonamides is 1. The van der Waals surface area contributed by atoms with Gasteiger partial charge in [0.05, 0.1) is 20.3 Å². The minimum Gasteiger partial charge on any atom is -0.495 e. The number of carbonyl (C=O) groups is 1. The molecule has 1 fully saturated rings. The second kappa shape index (κ2) is 9.99. The standard InChI is InChI=1S/C22H27ClN2O5S/c1-4-25(5-2)31(27,28)21-14-17(8-11-19(21)29-3)22(26)24-12-13-30-20(15-24)16-6-9-18(23)10-7-16/h6-11,14,20H,4-5,12-13,15H2,1-3H3. The lowest BCUT2D eigenvalue weighted by Gasteiger charge is -2.33. The Morgan fingerprint density at radius 1 is 1.19 bits per heavy atom. The number of morpholine rings is 1. The minimum atomic E-state index is -3.79. The van der Waals surface area contributed by atoms with Crippen LogP contribution in [0.25, 0.3) is 0 Å². The van der Waals surface area contributed by atoms with Crippen LogP contribution in [0.2, 0.25) is 5.02 Å². The Bertz CT molecular complexity index is 1020. The van der Waals surface area contributed by atoms with Crippen molar-refractivity contribution < 1.29 is 22.7 Å². The van der Waals surface area contributed by atoms with Crippen LogP contribution in [0.15, 0.2) is 47.4 Å². The average Bonchev–Trinajstić information content (AvgIpc) is 2.79. The molecule has 0 saturated carbocycles. The molecule has 1 unspecified atom stereocenters. The van der Waals surface area contributed by atoms with E-state index >= 15 is 0 Å². The van der Waals surface area contributed by atoms with Gasteiger partial charge in [0.25, 0.3) is 5.91 Å². The summed E-state index contributed by atoms with van der Waals surface area (Å²) in [6, 6.07) is 11.9. The van der Waals surface area contributed by atoms with Crippen molar-refractivity contribution in [2.24, 2.45) is 0 Å². The first kappa shape index (κ1) is 23.5. The fourth-order valence-corrected chi connectivity index (χ4v) is 5.37. The molecule has 1 amide bonds. The number of hydrogen-bond donors (Lipinski definition) is 0. The van der Waals surface area contributed by atoms with Gasteiger partial charge in [-0.25, -0.2) is 8.42 Å². The van der Waals surface area contributed by atoms with Crippen molar-refractivity contribution in [2.45, 2.75) is 24.8 Å². The molecule has 1 aliphatic heterocycles. The predicted molar refractivity (Wildman–Crippen MR) is 119 cm³/mol. The number of halogens is 1. The molecule has 0 bridgehead atoms. The van der Waals surface area contributed by atoms with E-state index in [1.54, 1.807) is 36.9 Å². The van der Waals surface area contributed by atoms with Crippen LogP contribution in [-0.2, 0) is 14.8 Å². The zero-order valence-electron chi connectivity index (χ0n) is 17.9. The topological polar surface area (TPSA) is 76.2 Å². The van der Waals surface area contributed by atoms with Crippen molar-refractivity contribution in [2.75, 3.05) is 39.9 Å². The van der Waals surface area contributed by atoms with Crippen LogP contribution in [-0.4, -0.2) is 63.4 Å². The Kier molecular flexibility index (Phi) is 7.59. The minimum absolute atomic E-state index is 0.00735. The third kappa shape index (κ3) is 5.03. The number of nitrogens with zero attached hydrogens (tertiary/aromatic N) is 2. The second-order valence-electron chi connectivity index (χ2n) is 7.12. The number of benzene rings is 2.